The first-order valence-corrected chi connectivity index (χ1v) is 7.77. The van der Waals surface area contributed by atoms with Crippen molar-refractivity contribution in [1.82, 2.24) is 10.2 Å². The van der Waals surface area contributed by atoms with E-state index in [1.165, 1.54) is 12.3 Å². The first-order chi connectivity index (χ1) is 12.1. The maximum absolute atomic E-state index is 11.0. The molecule has 0 atom stereocenters. The topological polar surface area (TPSA) is 95.1 Å². The maximum Gasteiger partial charge on any atom is 0.395 e. The Bertz CT molecular complexity index is 935. The number of aromatic nitrogens is 2. The Morgan fingerprint density at radius 3 is 2.64 bits per heavy atom. The molecule has 1 aromatic heterocycles. The van der Waals surface area contributed by atoms with Gasteiger partial charge < -0.3 is 5.21 Å². The summed E-state index contributed by atoms with van der Waals surface area (Å²) < 4.78 is 0.858. The Hall–Kier alpha value is -3.19. The number of H-pyrrole nitrogens is 1. The number of nitrogens with zero attached hydrogens (tertiary/aromatic N) is 3. The monoisotopic (exact) mass is 357 g/mol. The number of nitro groups is 1. The van der Waals surface area contributed by atoms with Crippen molar-refractivity contribution >= 4 is 29.3 Å². The number of para-hydroxylation sites is 1. The molecule has 3 aromatic rings. The number of nitro benzene ring substituents is 1. The number of aromatic amines is 1. The van der Waals surface area contributed by atoms with Gasteiger partial charge in [0.2, 0.25) is 0 Å². The van der Waals surface area contributed by atoms with Crippen LogP contribution in [0.5, 0.6) is 0 Å². The second-order valence-corrected chi connectivity index (χ2v) is 5.68. The molecule has 3 rings (SSSR count). The second-order valence-electron chi connectivity index (χ2n) is 5.25. The van der Waals surface area contributed by atoms with E-state index in [0.29, 0.717) is 22.0 Å². The Balaban J connectivity index is 1.89. The number of hydrogen-bond acceptors (Lipinski definition) is 4. The molecule has 2 aromatic carbocycles. The molecule has 0 fully saturated rings. The minimum absolute atomic E-state index is 0.00658. The highest BCUT2D eigenvalue weighted by Crippen LogP contribution is 2.28. The summed E-state index contributed by atoms with van der Waals surface area (Å²) in [6.07, 6.45) is 3.26. The van der Waals surface area contributed by atoms with Crippen molar-refractivity contribution in [2.45, 2.75) is 6.42 Å². The van der Waals surface area contributed by atoms with E-state index < -0.39 is 4.92 Å². The first kappa shape index (κ1) is 16.7. The van der Waals surface area contributed by atoms with Gasteiger partial charge in [0.05, 0.1) is 16.2 Å². The summed E-state index contributed by atoms with van der Waals surface area (Å²) in [7, 11) is 0. The van der Waals surface area contributed by atoms with Gasteiger partial charge in [0.15, 0.2) is 0 Å². The molecule has 0 saturated heterocycles. The highest BCUT2D eigenvalue weighted by molar-refractivity contribution is 6.30. The quantitative estimate of drug-likeness (QED) is 0.237. The smallest absolute Gasteiger partial charge is 0.350 e. The van der Waals surface area contributed by atoms with Crippen molar-refractivity contribution in [3.8, 4) is 11.1 Å². The van der Waals surface area contributed by atoms with Crippen LogP contribution in [0.3, 0.4) is 0 Å². The van der Waals surface area contributed by atoms with Crippen LogP contribution in [-0.2, 0) is 6.42 Å². The van der Waals surface area contributed by atoms with Crippen LogP contribution in [0.2, 0.25) is 5.02 Å². The van der Waals surface area contributed by atoms with E-state index in [9.17, 15) is 15.3 Å². The third kappa shape index (κ3) is 3.67. The summed E-state index contributed by atoms with van der Waals surface area (Å²) in [4.78, 5) is 10.6. The highest BCUT2D eigenvalue weighted by atomic mass is 35.5. The largest absolute Gasteiger partial charge is 0.395 e. The Morgan fingerprint density at radius 1 is 1.20 bits per heavy atom. The normalized spacial score (nSPS) is 11.5. The summed E-state index contributed by atoms with van der Waals surface area (Å²) in [5.74, 6) is 0.293. The lowest BCUT2D eigenvalue weighted by Gasteiger charge is -2.00. The van der Waals surface area contributed by atoms with Crippen LogP contribution in [0.15, 0.2) is 54.7 Å². The zero-order valence-corrected chi connectivity index (χ0v) is 13.7. The Kier molecular flexibility index (Phi) is 4.76. The van der Waals surface area contributed by atoms with E-state index in [-0.39, 0.29) is 12.1 Å². The molecule has 0 spiro atoms. The van der Waals surface area contributed by atoms with Gasteiger partial charge in [-0.3, -0.25) is 10.1 Å². The SMILES string of the molecule is O=[N+]([O-])c1ccccc1CC=[N+](O)c1n[nH]cc1-c1ccc(Cl)cc1. The van der Waals surface area contributed by atoms with Crippen LogP contribution in [0.4, 0.5) is 11.5 Å². The van der Waals surface area contributed by atoms with Crippen molar-refractivity contribution in [3.63, 3.8) is 0 Å². The number of nitrogens with one attached hydrogen (secondary N) is 1. The number of halogens is 1. The van der Waals surface area contributed by atoms with Crippen molar-refractivity contribution in [3.05, 3.63) is 75.4 Å². The van der Waals surface area contributed by atoms with Crippen molar-refractivity contribution in [2.24, 2.45) is 0 Å². The molecule has 0 aliphatic carbocycles. The number of rotatable bonds is 5. The van der Waals surface area contributed by atoms with E-state index in [1.54, 1.807) is 36.5 Å². The molecule has 0 saturated carbocycles. The van der Waals surface area contributed by atoms with Gasteiger partial charge >= 0.3 is 5.82 Å². The van der Waals surface area contributed by atoms with Crippen LogP contribution in [0.25, 0.3) is 11.1 Å². The van der Waals surface area contributed by atoms with Gasteiger partial charge in [-0.1, -0.05) is 41.9 Å². The molecule has 25 heavy (non-hydrogen) atoms. The summed E-state index contributed by atoms with van der Waals surface area (Å²) in [5.41, 5.74) is 2.01. The number of benzene rings is 2. The first-order valence-electron chi connectivity index (χ1n) is 7.39. The third-order valence-corrected chi connectivity index (χ3v) is 3.92. The second kappa shape index (κ2) is 7.14. The van der Waals surface area contributed by atoms with Crippen LogP contribution < -0.4 is 0 Å². The van der Waals surface area contributed by atoms with E-state index in [1.807, 2.05) is 12.1 Å². The molecule has 8 heteroatoms. The van der Waals surface area contributed by atoms with E-state index in [2.05, 4.69) is 10.2 Å². The highest BCUT2D eigenvalue weighted by Gasteiger charge is 2.21. The van der Waals surface area contributed by atoms with E-state index in [4.69, 9.17) is 11.6 Å². The van der Waals surface area contributed by atoms with Crippen LogP contribution in [0.1, 0.15) is 5.56 Å². The van der Waals surface area contributed by atoms with Gasteiger partial charge in [-0.25, -0.2) is 0 Å². The average molecular weight is 358 g/mol. The standard InChI is InChI=1S/C17H14ClN4O3/c18-14-7-5-12(6-8-14)15-11-19-20-17(15)21(23)10-9-13-3-1-2-4-16(13)22(24)25/h1-8,10-11,23H,9H2,(H,19,20)/q+1. The fraction of sp³-hybridized carbons (Fsp3) is 0.0588. The summed E-state index contributed by atoms with van der Waals surface area (Å²) in [6, 6.07) is 13.5. The molecule has 7 nitrogen and oxygen atoms in total. The summed E-state index contributed by atoms with van der Waals surface area (Å²) in [6.45, 7) is 0. The summed E-state index contributed by atoms with van der Waals surface area (Å²) in [5, 5.41) is 28.7. The van der Waals surface area contributed by atoms with Gasteiger partial charge in [0.25, 0.3) is 5.69 Å². The lowest BCUT2D eigenvalue weighted by Crippen LogP contribution is -2.06. The molecule has 0 amide bonds. The predicted octanol–water partition coefficient (Wildman–Crippen LogP) is 3.99. The third-order valence-electron chi connectivity index (χ3n) is 3.66. The fourth-order valence-corrected chi connectivity index (χ4v) is 2.56. The molecule has 126 valence electrons. The van der Waals surface area contributed by atoms with Crippen LogP contribution in [0, 0.1) is 10.1 Å². The number of hydrogen-bond donors (Lipinski definition) is 2. The minimum Gasteiger partial charge on any atom is -0.350 e. The Morgan fingerprint density at radius 2 is 1.92 bits per heavy atom. The molecular weight excluding hydrogens is 344 g/mol. The van der Waals surface area contributed by atoms with Crippen molar-refractivity contribution in [2.75, 3.05) is 0 Å². The molecule has 1 heterocycles. The summed E-state index contributed by atoms with van der Waals surface area (Å²) >= 11 is 5.89. The van der Waals surface area contributed by atoms with Gasteiger partial charge in [0, 0.05) is 23.1 Å². The van der Waals surface area contributed by atoms with Crippen molar-refractivity contribution < 1.29 is 14.9 Å². The lowest BCUT2D eigenvalue weighted by molar-refractivity contribution is -0.712. The van der Waals surface area contributed by atoms with Gasteiger partial charge in [-0.15, -0.1) is 0 Å². The zero-order valence-electron chi connectivity index (χ0n) is 13.0. The van der Waals surface area contributed by atoms with Crippen molar-refractivity contribution in [1.29, 1.82) is 0 Å². The van der Waals surface area contributed by atoms with Crippen LogP contribution in [-0.4, -0.2) is 31.3 Å². The van der Waals surface area contributed by atoms with Gasteiger partial charge in [-0.05, 0) is 22.4 Å². The lowest BCUT2D eigenvalue weighted by atomic mass is 10.1. The molecule has 0 bridgehead atoms. The maximum atomic E-state index is 11.0. The van der Waals surface area contributed by atoms with E-state index >= 15 is 0 Å². The Labute approximate surface area is 147 Å². The average Bonchev–Trinajstić information content (AvgIpc) is 3.10. The molecule has 0 radical (unpaired) electrons. The van der Waals surface area contributed by atoms with Gasteiger partial charge in [-0.2, -0.15) is 5.10 Å². The fourth-order valence-electron chi connectivity index (χ4n) is 2.43. The molecule has 0 aliphatic heterocycles. The van der Waals surface area contributed by atoms with E-state index in [0.717, 1.165) is 10.3 Å². The predicted molar refractivity (Wildman–Crippen MR) is 93.6 cm³/mol. The zero-order chi connectivity index (χ0) is 17.8. The van der Waals surface area contributed by atoms with Gasteiger partial charge in [0.1, 0.15) is 11.8 Å². The molecule has 2 N–H and O–H groups in total. The molecule has 0 aliphatic rings. The van der Waals surface area contributed by atoms with Crippen LogP contribution >= 0.6 is 11.6 Å². The molecular formula is C17H14ClN4O3+. The minimum atomic E-state index is -0.446. The molecule has 0 unspecified atom stereocenters.